The lowest BCUT2D eigenvalue weighted by molar-refractivity contribution is 0.257. The first kappa shape index (κ1) is 14.1. The molecule has 0 N–H and O–H groups in total. The molecule has 1 aliphatic rings. The van der Waals surface area contributed by atoms with E-state index in [-0.39, 0.29) is 0 Å². The molecule has 1 saturated carbocycles. The molecule has 0 amide bonds. The summed E-state index contributed by atoms with van der Waals surface area (Å²) in [4.78, 5) is 0. The SMILES string of the molecule is CCCCB(OCC(C)C)C1CCCCC1. The van der Waals surface area contributed by atoms with Crippen molar-refractivity contribution in [1.82, 2.24) is 0 Å². The second-order valence-corrected chi connectivity index (χ2v) is 5.81. The number of hydrogen-bond donors (Lipinski definition) is 0. The summed E-state index contributed by atoms with van der Waals surface area (Å²) in [5.74, 6) is 1.53. The lowest BCUT2D eigenvalue weighted by Gasteiger charge is -2.28. The Bertz CT molecular complexity index is 164. The molecule has 94 valence electrons. The van der Waals surface area contributed by atoms with Gasteiger partial charge in [0.1, 0.15) is 0 Å². The highest BCUT2D eigenvalue weighted by Crippen LogP contribution is 2.33. The lowest BCUT2D eigenvalue weighted by Crippen LogP contribution is -2.28. The summed E-state index contributed by atoms with van der Waals surface area (Å²) in [6.07, 6.45) is 11.0. The van der Waals surface area contributed by atoms with Crippen molar-refractivity contribution in [1.29, 1.82) is 0 Å². The van der Waals surface area contributed by atoms with Gasteiger partial charge in [0.05, 0.1) is 0 Å². The highest BCUT2D eigenvalue weighted by molar-refractivity contribution is 6.53. The lowest BCUT2D eigenvalue weighted by atomic mass is 9.49. The van der Waals surface area contributed by atoms with Gasteiger partial charge in [-0.1, -0.05) is 65.7 Å². The first-order valence-corrected chi connectivity index (χ1v) is 7.35. The molecule has 0 heterocycles. The Balaban J connectivity index is 2.34. The minimum Gasteiger partial charge on any atom is -0.435 e. The van der Waals surface area contributed by atoms with E-state index in [1.807, 2.05) is 0 Å². The topological polar surface area (TPSA) is 9.23 Å². The molecule has 0 aromatic rings. The quantitative estimate of drug-likeness (QED) is 0.565. The third-order valence-corrected chi connectivity index (χ3v) is 3.66. The fourth-order valence-electron chi connectivity index (χ4n) is 2.68. The van der Waals surface area contributed by atoms with Crippen LogP contribution in [0.5, 0.6) is 0 Å². The zero-order valence-corrected chi connectivity index (χ0v) is 11.5. The molecule has 0 saturated heterocycles. The highest BCUT2D eigenvalue weighted by atomic mass is 16.4. The van der Waals surface area contributed by atoms with E-state index in [1.54, 1.807) is 0 Å². The second-order valence-electron chi connectivity index (χ2n) is 5.81. The summed E-state index contributed by atoms with van der Waals surface area (Å²) in [6, 6.07) is 0. The highest BCUT2D eigenvalue weighted by Gasteiger charge is 2.28. The van der Waals surface area contributed by atoms with Gasteiger partial charge in [0.15, 0.2) is 0 Å². The van der Waals surface area contributed by atoms with Crippen molar-refractivity contribution in [3.8, 4) is 0 Å². The van der Waals surface area contributed by atoms with E-state index in [1.165, 1.54) is 51.3 Å². The first-order valence-electron chi connectivity index (χ1n) is 7.35. The first-order chi connectivity index (χ1) is 7.74. The van der Waals surface area contributed by atoms with Gasteiger partial charge in [0.2, 0.25) is 0 Å². The Labute approximate surface area is 102 Å². The smallest absolute Gasteiger partial charge is 0.296 e. The fraction of sp³-hybridized carbons (Fsp3) is 1.00. The fourth-order valence-corrected chi connectivity index (χ4v) is 2.68. The number of unbranched alkanes of at least 4 members (excludes halogenated alkanes) is 1. The summed E-state index contributed by atoms with van der Waals surface area (Å²) in [5, 5.41) is 0. The van der Waals surface area contributed by atoms with Crippen molar-refractivity contribution in [3.63, 3.8) is 0 Å². The molecule has 0 aromatic carbocycles. The molecule has 0 aromatic heterocycles. The molecule has 0 aliphatic heterocycles. The van der Waals surface area contributed by atoms with Gasteiger partial charge >= 0.3 is 0 Å². The Kier molecular flexibility index (Phi) is 7.19. The maximum absolute atomic E-state index is 6.15. The molecule has 0 atom stereocenters. The molecule has 0 unspecified atom stereocenters. The van der Waals surface area contributed by atoms with Crippen LogP contribution in [0, 0.1) is 5.92 Å². The number of rotatable bonds is 7. The van der Waals surface area contributed by atoms with Crippen molar-refractivity contribution in [2.45, 2.75) is 77.9 Å². The van der Waals surface area contributed by atoms with E-state index in [0.29, 0.717) is 12.8 Å². The van der Waals surface area contributed by atoms with Crippen molar-refractivity contribution >= 4 is 6.92 Å². The van der Waals surface area contributed by atoms with Gasteiger partial charge < -0.3 is 4.65 Å². The van der Waals surface area contributed by atoms with Gasteiger partial charge in [-0.05, 0) is 18.1 Å². The molecule has 2 heteroatoms. The monoisotopic (exact) mass is 224 g/mol. The minimum absolute atomic E-state index is 0.558. The zero-order valence-electron chi connectivity index (χ0n) is 11.5. The Morgan fingerprint density at radius 3 is 2.44 bits per heavy atom. The molecule has 1 rings (SSSR count). The predicted octanol–water partition coefficient (Wildman–Crippen LogP) is 4.78. The van der Waals surface area contributed by atoms with Gasteiger partial charge in [-0.2, -0.15) is 0 Å². The van der Waals surface area contributed by atoms with E-state index >= 15 is 0 Å². The van der Waals surface area contributed by atoms with Crippen LogP contribution in [0.4, 0.5) is 0 Å². The average molecular weight is 224 g/mol. The van der Waals surface area contributed by atoms with Gasteiger partial charge in [-0.3, -0.25) is 0 Å². The second kappa shape index (κ2) is 8.17. The van der Waals surface area contributed by atoms with Crippen molar-refractivity contribution in [2.75, 3.05) is 6.61 Å². The maximum Gasteiger partial charge on any atom is 0.296 e. The van der Waals surface area contributed by atoms with Crippen molar-refractivity contribution in [3.05, 3.63) is 0 Å². The van der Waals surface area contributed by atoms with E-state index in [4.69, 9.17) is 4.65 Å². The van der Waals surface area contributed by atoms with Gasteiger partial charge in [0, 0.05) is 6.61 Å². The summed E-state index contributed by atoms with van der Waals surface area (Å²) in [5.41, 5.74) is 0. The molecule has 16 heavy (non-hydrogen) atoms. The van der Waals surface area contributed by atoms with Crippen LogP contribution in [-0.2, 0) is 4.65 Å². The normalized spacial score (nSPS) is 18.0. The molecular formula is C14H29BO. The van der Waals surface area contributed by atoms with Crippen LogP contribution >= 0.6 is 0 Å². The third kappa shape index (κ3) is 5.38. The van der Waals surface area contributed by atoms with E-state index in [0.717, 1.165) is 12.4 Å². The third-order valence-electron chi connectivity index (χ3n) is 3.66. The van der Waals surface area contributed by atoms with Crippen LogP contribution in [0.15, 0.2) is 0 Å². The number of hydrogen-bond acceptors (Lipinski definition) is 1. The largest absolute Gasteiger partial charge is 0.435 e. The molecule has 0 spiro atoms. The standard InChI is InChI=1S/C14H29BO/c1-4-5-11-15(16-12-13(2)3)14-9-7-6-8-10-14/h13-14H,4-12H2,1-3H3. The van der Waals surface area contributed by atoms with Crippen molar-refractivity contribution in [2.24, 2.45) is 5.92 Å². The molecule has 0 radical (unpaired) electrons. The van der Waals surface area contributed by atoms with E-state index in [2.05, 4.69) is 20.8 Å². The predicted molar refractivity (Wildman–Crippen MR) is 73.1 cm³/mol. The average Bonchev–Trinajstić information content (AvgIpc) is 2.30. The van der Waals surface area contributed by atoms with Crippen molar-refractivity contribution < 1.29 is 4.65 Å². The zero-order chi connectivity index (χ0) is 11.8. The van der Waals surface area contributed by atoms with Crippen LogP contribution < -0.4 is 0 Å². The van der Waals surface area contributed by atoms with Gasteiger partial charge in [-0.25, -0.2) is 0 Å². The van der Waals surface area contributed by atoms with Crippen LogP contribution in [-0.4, -0.2) is 13.5 Å². The molecular weight excluding hydrogens is 195 g/mol. The molecule has 0 bridgehead atoms. The molecule has 1 fully saturated rings. The Morgan fingerprint density at radius 2 is 1.88 bits per heavy atom. The van der Waals surface area contributed by atoms with Gasteiger partial charge in [0.25, 0.3) is 6.92 Å². The van der Waals surface area contributed by atoms with Crippen LogP contribution in [0.1, 0.15) is 65.7 Å². The minimum atomic E-state index is 0.558. The summed E-state index contributed by atoms with van der Waals surface area (Å²) >= 11 is 0. The molecule has 1 aliphatic carbocycles. The summed E-state index contributed by atoms with van der Waals surface area (Å²) in [6.45, 7) is 8.28. The van der Waals surface area contributed by atoms with Gasteiger partial charge in [-0.15, -0.1) is 0 Å². The summed E-state index contributed by atoms with van der Waals surface area (Å²) in [7, 11) is 0. The Hall–Kier alpha value is 0.0249. The summed E-state index contributed by atoms with van der Waals surface area (Å²) < 4.78 is 6.15. The Morgan fingerprint density at radius 1 is 1.19 bits per heavy atom. The molecule has 1 nitrogen and oxygen atoms in total. The van der Waals surface area contributed by atoms with Crippen LogP contribution in [0.3, 0.4) is 0 Å². The van der Waals surface area contributed by atoms with E-state index in [9.17, 15) is 0 Å². The van der Waals surface area contributed by atoms with E-state index < -0.39 is 0 Å². The van der Waals surface area contributed by atoms with Crippen LogP contribution in [0.2, 0.25) is 12.1 Å². The van der Waals surface area contributed by atoms with Crippen LogP contribution in [0.25, 0.3) is 0 Å². The maximum atomic E-state index is 6.15.